The Morgan fingerprint density at radius 2 is 0.741 bits per heavy atom. The summed E-state index contributed by atoms with van der Waals surface area (Å²) in [5.74, 6) is 0. The van der Waals surface area contributed by atoms with E-state index in [1.54, 1.807) is 0 Å². The third kappa shape index (κ3) is 4.28. The molecule has 12 aromatic rings. The molecule has 12 rings (SSSR count). The van der Waals surface area contributed by atoms with Crippen LogP contribution in [0, 0.1) is 0 Å². The van der Waals surface area contributed by atoms with Gasteiger partial charge in [0.1, 0.15) is 22.3 Å². The summed E-state index contributed by atoms with van der Waals surface area (Å²) in [4.78, 5) is 0. The smallest absolute Gasteiger partial charge is 0.139 e. The van der Waals surface area contributed by atoms with E-state index in [9.17, 15) is 0 Å². The van der Waals surface area contributed by atoms with Crippen molar-refractivity contribution in [2.45, 2.75) is 0 Å². The van der Waals surface area contributed by atoms with Crippen LogP contribution in [-0.4, -0.2) is 0 Å². The summed E-state index contributed by atoms with van der Waals surface area (Å²) >= 11 is 0. The van der Waals surface area contributed by atoms with Crippen LogP contribution < -0.4 is 0 Å². The van der Waals surface area contributed by atoms with Crippen LogP contribution in [0.1, 0.15) is 0 Å². The van der Waals surface area contributed by atoms with Crippen LogP contribution in [-0.2, 0) is 0 Å². The van der Waals surface area contributed by atoms with Crippen molar-refractivity contribution in [3.8, 4) is 33.4 Å². The van der Waals surface area contributed by atoms with Crippen molar-refractivity contribution in [3.05, 3.63) is 182 Å². The molecule has 10 aromatic carbocycles. The number of benzene rings is 10. The van der Waals surface area contributed by atoms with Crippen LogP contribution in [0.3, 0.4) is 0 Å². The van der Waals surface area contributed by atoms with Crippen LogP contribution >= 0.6 is 0 Å². The average molecular weight is 687 g/mol. The number of rotatable bonds is 3. The van der Waals surface area contributed by atoms with Crippen molar-refractivity contribution in [1.29, 1.82) is 0 Å². The Bertz CT molecular complexity index is 3430. The molecule has 0 aliphatic rings. The Morgan fingerprint density at radius 1 is 0.241 bits per heavy atom. The largest absolute Gasteiger partial charge is 0.456 e. The van der Waals surface area contributed by atoms with Gasteiger partial charge in [-0.2, -0.15) is 0 Å². The molecular weight excluding hydrogens is 657 g/mol. The Labute approximate surface area is 310 Å². The molecule has 2 heterocycles. The molecule has 2 aromatic heterocycles. The lowest BCUT2D eigenvalue weighted by molar-refractivity contribution is 0.656. The summed E-state index contributed by atoms with van der Waals surface area (Å²) < 4.78 is 12.7. The minimum Gasteiger partial charge on any atom is -0.456 e. The molecule has 0 saturated carbocycles. The van der Waals surface area contributed by atoms with Crippen molar-refractivity contribution in [3.63, 3.8) is 0 Å². The van der Waals surface area contributed by atoms with Gasteiger partial charge in [-0.25, -0.2) is 0 Å². The third-order valence-corrected chi connectivity index (χ3v) is 11.4. The summed E-state index contributed by atoms with van der Waals surface area (Å²) in [5.41, 5.74) is 10.8. The molecule has 2 heteroatoms. The normalized spacial score (nSPS) is 12.1. The van der Waals surface area contributed by atoms with Gasteiger partial charge in [-0.3, -0.25) is 0 Å². The van der Waals surface area contributed by atoms with E-state index in [0.717, 1.165) is 49.4 Å². The van der Waals surface area contributed by atoms with Crippen LogP contribution in [0.4, 0.5) is 0 Å². The van der Waals surface area contributed by atoms with Gasteiger partial charge < -0.3 is 8.83 Å². The highest BCUT2D eigenvalue weighted by molar-refractivity contribution is 6.23. The predicted molar refractivity (Wildman–Crippen MR) is 227 cm³/mol. The average Bonchev–Trinajstić information content (AvgIpc) is 3.78. The minimum atomic E-state index is 0.834. The first-order valence-electron chi connectivity index (χ1n) is 18.5. The standard InChI is InChI=1S/C52H30O2/c1-2-11-32(12-3-1)50-39-14-6-8-16-41(39)51(42-17-9-7-15-40(42)50)37-21-20-33-26-34(18-19-35(33)27-37)36-23-24-46-43(28-36)44-29-45-49(30-48(44)53-46)54-47-25-22-31-10-4-5-13-38(31)52(45)47/h1-30H. The van der Waals surface area contributed by atoms with Crippen molar-refractivity contribution >= 4 is 87.0 Å². The second-order valence-electron chi connectivity index (χ2n) is 14.4. The van der Waals surface area contributed by atoms with Crippen molar-refractivity contribution in [2.24, 2.45) is 0 Å². The van der Waals surface area contributed by atoms with Crippen LogP contribution in [0.5, 0.6) is 0 Å². The fraction of sp³-hybridized carbons (Fsp3) is 0. The lowest BCUT2D eigenvalue weighted by Crippen LogP contribution is -1.90. The van der Waals surface area contributed by atoms with Crippen LogP contribution in [0.15, 0.2) is 191 Å². The van der Waals surface area contributed by atoms with E-state index in [-0.39, 0.29) is 0 Å². The Hall–Kier alpha value is -7.16. The fourth-order valence-corrected chi connectivity index (χ4v) is 8.93. The topological polar surface area (TPSA) is 26.3 Å². The van der Waals surface area contributed by atoms with Crippen LogP contribution in [0.25, 0.3) is 120 Å². The zero-order chi connectivity index (χ0) is 35.3. The zero-order valence-corrected chi connectivity index (χ0v) is 29.1. The van der Waals surface area contributed by atoms with E-state index in [0.29, 0.717) is 0 Å². The first-order valence-corrected chi connectivity index (χ1v) is 18.5. The van der Waals surface area contributed by atoms with Gasteiger partial charge >= 0.3 is 0 Å². The van der Waals surface area contributed by atoms with Crippen molar-refractivity contribution in [1.82, 2.24) is 0 Å². The molecule has 0 bridgehead atoms. The predicted octanol–water partition coefficient (Wildman–Crippen LogP) is 15.1. The first-order chi connectivity index (χ1) is 26.7. The van der Waals surface area contributed by atoms with Crippen molar-refractivity contribution in [2.75, 3.05) is 0 Å². The van der Waals surface area contributed by atoms with Gasteiger partial charge in [0.2, 0.25) is 0 Å². The lowest BCUT2D eigenvalue weighted by Gasteiger charge is -2.18. The number of fused-ring (bicyclic) bond motifs is 11. The molecular formula is C52H30O2. The van der Waals surface area contributed by atoms with E-state index in [4.69, 9.17) is 8.83 Å². The lowest BCUT2D eigenvalue weighted by atomic mass is 9.85. The maximum atomic E-state index is 6.39. The molecule has 0 aliphatic carbocycles. The highest BCUT2D eigenvalue weighted by atomic mass is 16.3. The van der Waals surface area contributed by atoms with Crippen LogP contribution in [0.2, 0.25) is 0 Å². The second-order valence-corrected chi connectivity index (χ2v) is 14.4. The monoisotopic (exact) mass is 686 g/mol. The molecule has 250 valence electrons. The number of hydrogen-bond donors (Lipinski definition) is 0. The third-order valence-electron chi connectivity index (χ3n) is 11.4. The highest BCUT2D eigenvalue weighted by Gasteiger charge is 2.18. The van der Waals surface area contributed by atoms with Gasteiger partial charge in [0, 0.05) is 27.6 Å². The molecule has 0 amide bonds. The molecule has 0 aliphatic heterocycles. The molecule has 0 unspecified atom stereocenters. The Kier molecular flexibility index (Phi) is 6.09. The molecule has 0 atom stereocenters. The molecule has 2 nitrogen and oxygen atoms in total. The van der Waals surface area contributed by atoms with Gasteiger partial charge in [-0.05, 0) is 113 Å². The van der Waals surface area contributed by atoms with Gasteiger partial charge in [0.05, 0.1) is 0 Å². The minimum absolute atomic E-state index is 0.834. The summed E-state index contributed by atoms with van der Waals surface area (Å²) in [7, 11) is 0. The summed E-state index contributed by atoms with van der Waals surface area (Å²) in [5, 5.41) is 14.4. The van der Waals surface area contributed by atoms with E-state index >= 15 is 0 Å². The van der Waals surface area contributed by atoms with Gasteiger partial charge in [0.15, 0.2) is 0 Å². The Morgan fingerprint density at radius 3 is 1.48 bits per heavy atom. The first kappa shape index (κ1) is 29.4. The Balaban J connectivity index is 0.992. The molecule has 0 spiro atoms. The molecule has 54 heavy (non-hydrogen) atoms. The maximum absolute atomic E-state index is 6.39. The van der Waals surface area contributed by atoms with E-state index < -0.39 is 0 Å². The summed E-state index contributed by atoms with van der Waals surface area (Å²) in [6, 6.07) is 65.8. The molecule has 0 N–H and O–H groups in total. The number of hydrogen-bond acceptors (Lipinski definition) is 2. The summed E-state index contributed by atoms with van der Waals surface area (Å²) in [6.07, 6.45) is 0. The van der Waals surface area contributed by atoms with E-state index in [1.165, 1.54) is 70.9 Å². The maximum Gasteiger partial charge on any atom is 0.139 e. The number of furan rings is 2. The summed E-state index contributed by atoms with van der Waals surface area (Å²) in [6.45, 7) is 0. The zero-order valence-electron chi connectivity index (χ0n) is 29.1. The van der Waals surface area contributed by atoms with Gasteiger partial charge in [-0.15, -0.1) is 0 Å². The van der Waals surface area contributed by atoms with Crippen molar-refractivity contribution < 1.29 is 8.83 Å². The quantitative estimate of drug-likeness (QED) is 0.173. The highest BCUT2D eigenvalue weighted by Crippen LogP contribution is 2.45. The van der Waals surface area contributed by atoms with E-state index in [2.05, 4.69) is 176 Å². The fourth-order valence-electron chi connectivity index (χ4n) is 8.93. The molecule has 0 saturated heterocycles. The molecule has 0 radical (unpaired) electrons. The SMILES string of the molecule is c1ccc(-c2c3ccccc3c(-c3ccc4cc(-c5ccc6oc7cc8oc9ccc%10ccccc%10c9c8cc7c6c5)ccc4c3)c3ccccc23)cc1. The van der Waals surface area contributed by atoms with Gasteiger partial charge in [0.25, 0.3) is 0 Å². The van der Waals surface area contributed by atoms with E-state index in [1.807, 2.05) is 6.07 Å². The van der Waals surface area contributed by atoms with Gasteiger partial charge in [-0.1, -0.05) is 140 Å². The second kappa shape index (κ2) is 11.2. The molecule has 0 fully saturated rings.